The van der Waals surface area contributed by atoms with E-state index in [1.807, 2.05) is 146 Å². The number of esters is 2. The van der Waals surface area contributed by atoms with Crippen LogP contribution in [0.2, 0.25) is 0 Å². The molecular formula is C53H59NO14. The normalized spacial score (nSPS) is 24.6. The maximum atomic E-state index is 13.9. The third-order valence-corrected chi connectivity index (χ3v) is 11.4. The van der Waals surface area contributed by atoms with Crippen molar-refractivity contribution in [2.75, 3.05) is 20.8 Å². The van der Waals surface area contributed by atoms with Crippen LogP contribution in [0.4, 0.5) is 0 Å². The molecule has 0 unspecified atom stereocenters. The summed E-state index contributed by atoms with van der Waals surface area (Å²) in [6, 6.07) is 44.2. The van der Waals surface area contributed by atoms with Crippen molar-refractivity contribution in [2.45, 2.75) is 108 Å². The molecule has 2 aliphatic heterocycles. The van der Waals surface area contributed by atoms with Gasteiger partial charge in [-0.1, -0.05) is 133 Å². The molecule has 0 aromatic heterocycles. The largest absolute Gasteiger partial charge is 0.497 e. The smallest absolute Gasteiger partial charge is 0.337 e. The lowest BCUT2D eigenvalue weighted by Crippen LogP contribution is -2.69. The Hall–Kier alpha value is -6.01. The zero-order chi connectivity index (χ0) is 47.7. The zero-order valence-corrected chi connectivity index (χ0v) is 38.6. The number of carbonyl (C=O) groups is 3. The lowest BCUT2D eigenvalue weighted by Gasteiger charge is -2.49. The van der Waals surface area contributed by atoms with E-state index in [2.05, 4.69) is 5.32 Å². The van der Waals surface area contributed by atoms with E-state index in [9.17, 15) is 14.4 Å². The molecule has 2 heterocycles. The highest BCUT2D eigenvalue weighted by atomic mass is 16.8. The fourth-order valence-electron chi connectivity index (χ4n) is 8.07. The third-order valence-electron chi connectivity index (χ3n) is 11.4. The van der Waals surface area contributed by atoms with Crippen LogP contribution in [0.1, 0.15) is 41.7 Å². The Kier molecular flexibility index (Phi) is 18.6. The van der Waals surface area contributed by atoms with Crippen molar-refractivity contribution in [3.8, 4) is 5.75 Å². The topological polar surface area (TPSA) is 165 Å². The summed E-state index contributed by atoms with van der Waals surface area (Å²) in [6.45, 7) is 3.07. The number of carbonyl (C=O) groups excluding carboxylic acids is 3. The van der Waals surface area contributed by atoms with Crippen molar-refractivity contribution >= 4 is 17.8 Å². The molecule has 68 heavy (non-hydrogen) atoms. The van der Waals surface area contributed by atoms with E-state index in [1.54, 1.807) is 7.11 Å². The van der Waals surface area contributed by atoms with Crippen molar-refractivity contribution in [1.29, 1.82) is 0 Å². The minimum atomic E-state index is -1.56. The van der Waals surface area contributed by atoms with E-state index in [0.717, 1.165) is 27.8 Å². The summed E-state index contributed by atoms with van der Waals surface area (Å²) < 4.78 is 69.9. The molecule has 5 aromatic rings. The van der Waals surface area contributed by atoms with Gasteiger partial charge in [-0.3, -0.25) is 9.59 Å². The molecule has 2 saturated heterocycles. The maximum Gasteiger partial charge on any atom is 0.337 e. The summed E-state index contributed by atoms with van der Waals surface area (Å²) in [4.78, 5) is 40.4. The highest BCUT2D eigenvalue weighted by Crippen LogP contribution is 2.36. The first kappa shape index (κ1) is 49.9. The average Bonchev–Trinajstić information content (AvgIpc) is 3.36. The Balaban J connectivity index is 1.29. The first-order valence-corrected chi connectivity index (χ1v) is 22.5. The molecule has 5 aromatic carbocycles. The van der Waals surface area contributed by atoms with Crippen LogP contribution in [-0.4, -0.2) is 100 Å². The van der Waals surface area contributed by atoms with E-state index >= 15 is 0 Å². The Morgan fingerprint density at radius 1 is 0.515 bits per heavy atom. The van der Waals surface area contributed by atoms with Crippen molar-refractivity contribution in [1.82, 2.24) is 5.32 Å². The summed E-state index contributed by atoms with van der Waals surface area (Å²) in [5.74, 6) is -1.20. The number of hydrogen-bond acceptors (Lipinski definition) is 14. The first-order valence-electron chi connectivity index (χ1n) is 22.5. The average molecular weight is 934 g/mol. The molecule has 1 amide bonds. The van der Waals surface area contributed by atoms with Gasteiger partial charge in [-0.2, -0.15) is 0 Å². The Morgan fingerprint density at radius 2 is 1.00 bits per heavy atom. The summed E-state index contributed by atoms with van der Waals surface area (Å²) in [5.41, 5.74) is 4.17. The molecule has 0 saturated carbocycles. The molecule has 360 valence electrons. The number of nitrogens with one attached hydrogen (secondary N) is 1. The fourth-order valence-corrected chi connectivity index (χ4v) is 8.07. The second-order valence-electron chi connectivity index (χ2n) is 16.3. The van der Waals surface area contributed by atoms with Crippen LogP contribution in [-0.2, 0) is 94.8 Å². The summed E-state index contributed by atoms with van der Waals surface area (Å²) >= 11 is 0. The van der Waals surface area contributed by atoms with Gasteiger partial charge >= 0.3 is 11.9 Å². The number of benzene rings is 5. The van der Waals surface area contributed by atoms with Gasteiger partial charge in [-0.05, 0) is 39.9 Å². The van der Waals surface area contributed by atoms with Gasteiger partial charge in [0, 0.05) is 13.8 Å². The lowest BCUT2D eigenvalue weighted by atomic mass is 9.94. The molecule has 2 fully saturated rings. The molecule has 0 aliphatic carbocycles. The first-order chi connectivity index (χ1) is 33.2. The Bertz CT molecular complexity index is 2290. The van der Waals surface area contributed by atoms with Gasteiger partial charge in [0.2, 0.25) is 5.91 Å². The monoisotopic (exact) mass is 933 g/mol. The number of hydrogen-bond donors (Lipinski definition) is 1. The Labute approximate surface area is 396 Å². The van der Waals surface area contributed by atoms with Crippen molar-refractivity contribution in [3.05, 3.63) is 173 Å². The van der Waals surface area contributed by atoms with Crippen LogP contribution in [0.15, 0.2) is 146 Å². The molecule has 0 spiro atoms. The van der Waals surface area contributed by atoms with Gasteiger partial charge < -0.3 is 57.4 Å². The van der Waals surface area contributed by atoms with Gasteiger partial charge in [0.05, 0.1) is 53.9 Å². The molecule has 1 N–H and O–H groups in total. The molecule has 10 atom stereocenters. The van der Waals surface area contributed by atoms with Gasteiger partial charge in [-0.25, -0.2) is 4.79 Å². The number of rotatable bonds is 22. The molecule has 0 bridgehead atoms. The van der Waals surface area contributed by atoms with Crippen LogP contribution in [0, 0.1) is 0 Å². The van der Waals surface area contributed by atoms with Crippen molar-refractivity contribution in [3.63, 3.8) is 0 Å². The lowest BCUT2D eigenvalue weighted by molar-refractivity contribution is -0.353. The second kappa shape index (κ2) is 25.4. The van der Waals surface area contributed by atoms with Crippen LogP contribution in [0.3, 0.4) is 0 Å². The van der Waals surface area contributed by atoms with Crippen LogP contribution < -0.4 is 10.1 Å². The van der Waals surface area contributed by atoms with Gasteiger partial charge in [-0.15, -0.1) is 0 Å². The van der Waals surface area contributed by atoms with E-state index < -0.39 is 79.2 Å². The summed E-state index contributed by atoms with van der Waals surface area (Å²) in [6.07, 6.45) is -11.0. The SMILES string of the molecule is COC(=O)[C@H]1O[C@@H](O[C@@H]2[C@@H](NC(C)=O)[C@H](OCc3ccccc3)O[C@H](COCc3ccc(OC)cc3)[C@@H]2OCc2ccccc2)[C@H](OC(C)=O)[C@@H](OCc2ccccc2)[C@@H]1OCc1ccccc1. The Morgan fingerprint density at radius 3 is 1.49 bits per heavy atom. The molecule has 15 nitrogen and oxygen atoms in total. The molecule has 0 radical (unpaired) electrons. The van der Waals surface area contributed by atoms with E-state index in [-0.39, 0.29) is 39.6 Å². The third kappa shape index (κ3) is 14.0. The minimum Gasteiger partial charge on any atom is -0.497 e. The standard InChI is InChI=1S/C53H59NO14/c1-35(55)54-44-46(67-53-50(65-36(2)56)48(63-32-39-21-13-7-14-22-39)47(49(68-53)51(57)59-4)62-31-38-19-11-6-12-20-38)45(61-30-37-17-9-5-10-18-37)43(34-60-29-41-25-27-42(58-3)28-26-41)66-52(44)64-33-40-23-15-8-16-24-40/h5-28,43-50,52-53H,29-34H2,1-4H3,(H,54,55)/t43-,44-,45+,46-,47+,48+,49+,50-,52-,53-/m1/s1. The van der Waals surface area contributed by atoms with E-state index in [0.29, 0.717) is 5.75 Å². The summed E-state index contributed by atoms with van der Waals surface area (Å²) in [5, 5.41) is 3.00. The highest BCUT2D eigenvalue weighted by Gasteiger charge is 2.57. The van der Waals surface area contributed by atoms with Crippen LogP contribution >= 0.6 is 0 Å². The molecule has 7 rings (SSSR count). The van der Waals surface area contributed by atoms with E-state index in [1.165, 1.54) is 21.0 Å². The van der Waals surface area contributed by atoms with Crippen molar-refractivity contribution < 1.29 is 66.5 Å². The predicted octanol–water partition coefficient (Wildman–Crippen LogP) is 6.63. The van der Waals surface area contributed by atoms with E-state index in [4.69, 9.17) is 52.1 Å². The van der Waals surface area contributed by atoms with Gasteiger partial charge in [0.15, 0.2) is 24.8 Å². The predicted molar refractivity (Wildman–Crippen MR) is 246 cm³/mol. The quantitative estimate of drug-likeness (QED) is 0.0736. The van der Waals surface area contributed by atoms with Gasteiger partial charge in [0.25, 0.3) is 0 Å². The number of ether oxygens (including phenoxy) is 11. The maximum absolute atomic E-state index is 13.9. The minimum absolute atomic E-state index is 0.0226. The molecule has 15 heteroatoms. The van der Waals surface area contributed by atoms with Crippen molar-refractivity contribution in [2.24, 2.45) is 0 Å². The highest BCUT2D eigenvalue weighted by molar-refractivity contribution is 5.76. The van der Waals surface area contributed by atoms with Crippen LogP contribution in [0.5, 0.6) is 5.75 Å². The number of amides is 1. The fraction of sp³-hybridized carbons (Fsp3) is 0.377. The second-order valence-corrected chi connectivity index (χ2v) is 16.3. The molecular weight excluding hydrogens is 875 g/mol. The number of methoxy groups -OCH3 is 2. The van der Waals surface area contributed by atoms with Gasteiger partial charge in [0.1, 0.15) is 42.3 Å². The molecule has 2 aliphatic rings. The zero-order valence-electron chi connectivity index (χ0n) is 38.6. The van der Waals surface area contributed by atoms with Crippen LogP contribution in [0.25, 0.3) is 0 Å². The summed E-state index contributed by atoms with van der Waals surface area (Å²) in [7, 11) is 2.83.